The summed E-state index contributed by atoms with van der Waals surface area (Å²) in [6.07, 6.45) is -0.508. The van der Waals surface area contributed by atoms with Gasteiger partial charge >= 0.3 is 12.1 Å². The first-order chi connectivity index (χ1) is 8.26. The van der Waals surface area contributed by atoms with Crippen LogP contribution in [-0.4, -0.2) is 31.8 Å². The first-order valence-electron chi connectivity index (χ1n) is 5.39. The molecule has 0 saturated heterocycles. The van der Waals surface area contributed by atoms with Gasteiger partial charge in [-0.1, -0.05) is 0 Å². The van der Waals surface area contributed by atoms with E-state index in [-0.39, 0.29) is 0 Å². The highest BCUT2D eigenvalue weighted by Gasteiger charge is 2.24. The number of carbonyl (C=O) groups is 2. The molecule has 0 bridgehead atoms. The van der Waals surface area contributed by atoms with Crippen molar-refractivity contribution < 1.29 is 19.1 Å². The van der Waals surface area contributed by atoms with Gasteiger partial charge in [0.2, 0.25) is 0 Å². The highest BCUT2D eigenvalue weighted by Crippen LogP contribution is 2.27. The van der Waals surface area contributed by atoms with Gasteiger partial charge in [0, 0.05) is 7.05 Å². The molecule has 1 amide bonds. The van der Waals surface area contributed by atoms with Crippen molar-refractivity contribution in [1.82, 2.24) is 0 Å². The van der Waals surface area contributed by atoms with Crippen LogP contribution >= 0.6 is 11.3 Å². The van der Waals surface area contributed by atoms with Gasteiger partial charge in [-0.3, -0.25) is 4.90 Å². The number of rotatable bonds is 2. The fourth-order valence-electron chi connectivity index (χ4n) is 1.24. The Morgan fingerprint density at radius 1 is 1.33 bits per heavy atom. The molecule has 0 aliphatic heterocycles. The SMILES string of the molecule is COC(=O)c1sccc1N(C)C(=O)OC(C)(C)C. The molecule has 5 nitrogen and oxygen atoms in total. The Morgan fingerprint density at radius 2 is 1.94 bits per heavy atom. The molecule has 0 radical (unpaired) electrons. The van der Waals surface area contributed by atoms with Crippen LogP contribution in [0, 0.1) is 0 Å². The van der Waals surface area contributed by atoms with Gasteiger partial charge in [-0.15, -0.1) is 11.3 Å². The van der Waals surface area contributed by atoms with Gasteiger partial charge in [-0.2, -0.15) is 0 Å². The summed E-state index contributed by atoms with van der Waals surface area (Å²) in [5.41, 5.74) is -0.0895. The molecule has 0 spiro atoms. The van der Waals surface area contributed by atoms with E-state index in [0.717, 1.165) is 0 Å². The van der Waals surface area contributed by atoms with E-state index >= 15 is 0 Å². The third-order valence-electron chi connectivity index (χ3n) is 2.04. The minimum atomic E-state index is -0.577. The molecule has 0 saturated carbocycles. The summed E-state index contributed by atoms with van der Waals surface area (Å²) >= 11 is 1.22. The number of amides is 1. The van der Waals surface area contributed by atoms with Crippen LogP contribution in [-0.2, 0) is 9.47 Å². The third kappa shape index (κ3) is 3.46. The van der Waals surface area contributed by atoms with Gasteiger partial charge in [-0.05, 0) is 32.2 Å². The molecule has 0 aliphatic rings. The first-order valence-corrected chi connectivity index (χ1v) is 6.26. The van der Waals surface area contributed by atoms with Crippen LogP contribution in [0.5, 0.6) is 0 Å². The number of hydrogen-bond donors (Lipinski definition) is 0. The fraction of sp³-hybridized carbons (Fsp3) is 0.500. The van der Waals surface area contributed by atoms with Crippen LogP contribution in [0.2, 0.25) is 0 Å². The number of anilines is 1. The highest BCUT2D eigenvalue weighted by atomic mass is 32.1. The van der Waals surface area contributed by atoms with E-state index < -0.39 is 17.7 Å². The third-order valence-corrected chi connectivity index (χ3v) is 2.93. The lowest BCUT2D eigenvalue weighted by Gasteiger charge is -2.24. The Morgan fingerprint density at radius 3 is 2.44 bits per heavy atom. The van der Waals surface area contributed by atoms with Crippen molar-refractivity contribution in [3.63, 3.8) is 0 Å². The maximum absolute atomic E-state index is 11.9. The lowest BCUT2D eigenvalue weighted by molar-refractivity contribution is 0.0588. The van der Waals surface area contributed by atoms with Crippen molar-refractivity contribution in [2.75, 3.05) is 19.1 Å². The average Bonchev–Trinajstić information content (AvgIpc) is 2.73. The van der Waals surface area contributed by atoms with E-state index in [2.05, 4.69) is 4.74 Å². The van der Waals surface area contributed by atoms with E-state index in [4.69, 9.17) is 4.74 Å². The fourth-order valence-corrected chi connectivity index (χ4v) is 2.08. The molecule has 0 aliphatic carbocycles. The van der Waals surface area contributed by atoms with Gasteiger partial charge in [-0.25, -0.2) is 9.59 Å². The molecule has 1 aromatic rings. The summed E-state index contributed by atoms with van der Waals surface area (Å²) in [6.45, 7) is 5.36. The lowest BCUT2D eigenvalue weighted by atomic mass is 10.2. The highest BCUT2D eigenvalue weighted by molar-refractivity contribution is 7.12. The van der Waals surface area contributed by atoms with Crippen molar-refractivity contribution in [2.24, 2.45) is 0 Å². The van der Waals surface area contributed by atoms with Crippen molar-refractivity contribution in [2.45, 2.75) is 26.4 Å². The summed E-state index contributed by atoms with van der Waals surface area (Å²) in [4.78, 5) is 25.1. The van der Waals surface area contributed by atoms with Gasteiger partial charge in [0.1, 0.15) is 10.5 Å². The molecule has 0 aromatic carbocycles. The van der Waals surface area contributed by atoms with Crippen LogP contribution in [0.15, 0.2) is 11.4 Å². The molecule has 0 fully saturated rings. The molecule has 0 N–H and O–H groups in total. The number of nitrogens with zero attached hydrogens (tertiary/aromatic N) is 1. The van der Waals surface area contributed by atoms with E-state index in [1.807, 2.05) is 0 Å². The molecule has 100 valence electrons. The van der Waals surface area contributed by atoms with Gasteiger partial charge < -0.3 is 9.47 Å². The maximum atomic E-state index is 11.9. The standard InChI is InChI=1S/C12H17NO4S/c1-12(2,3)17-11(15)13(4)8-6-7-18-9(8)10(14)16-5/h6-7H,1-5H3. The van der Waals surface area contributed by atoms with Crippen molar-refractivity contribution >= 4 is 29.1 Å². The van der Waals surface area contributed by atoms with Crippen LogP contribution in [0.3, 0.4) is 0 Å². The second kappa shape index (κ2) is 5.39. The second-order valence-electron chi connectivity index (χ2n) is 4.67. The predicted molar refractivity (Wildman–Crippen MR) is 70.3 cm³/mol. The molecule has 18 heavy (non-hydrogen) atoms. The van der Waals surface area contributed by atoms with E-state index in [0.29, 0.717) is 10.6 Å². The zero-order valence-corrected chi connectivity index (χ0v) is 12.0. The number of ether oxygens (including phenoxy) is 2. The molecule has 1 rings (SSSR count). The topological polar surface area (TPSA) is 55.8 Å². The predicted octanol–water partition coefficient (Wildman–Crippen LogP) is 2.91. The largest absolute Gasteiger partial charge is 0.465 e. The Kier molecular flexibility index (Phi) is 4.34. The van der Waals surface area contributed by atoms with Gasteiger partial charge in [0.05, 0.1) is 12.8 Å². The summed E-state index contributed by atoms with van der Waals surface area (Å²) in [5, 5.41) is 1.72. The first kappa shape index (κ1) is 14.5. The number of hydrogen-bond acceptors (Lipinski definition) is 5. The normalized spacial score (nSPS) is 10.9. The number of esters is 1. The number of thiophene rings is 1. The van der Waals surface area contributed by atoms with Gasteiger partial charge in [0.25, 0.3) is 0 Å². The number of methoxy groups -OCH3 is 1. The summed E-state index contributed by atoms with van der Waals surface area (Å²) in [5.74, 6) is -0.463. The molecule has 0 unspecified atom stereocenters. The summed E-state index contributed by atoms with van der Waals surface area (Å²) in [6, 6.07) is 1.68. The minimum Gasteiger partial charge on any atom is -0.465 e. The zero-order chi connectivity index (χ0) is 13.9. The molecule has 0 atom stereocenters. The maximum Gasteiger partial charge on any atom is 0.414 e. The summed E-state index contributed by atoms with van der Waals surface area (Å²) < 4.78 is 9.89. The van der Waals surface area contributed by atoms with Gasteiger partial charge in [0.15, 0.2) is 0 Å². The Balaban J connectivity index is 2.91. The molecule has 1 aromatic heterocycles. The molecular formula is C12H17NO4S. The van der Waals surface area contributed by atoms with Crippen LogP contribution in [0.1, 0.15) is 30.4 Å². The Bertz CT molecular complexity index is 447. The zero-order valence-electron chi connectivity index (χ0n) is 11.1. The molecule has 6 heteroatoms. The van der Waals surface area contributed by atoms with Crippen molar-refractivity contribution in [3.8, 4) is 0 Å². The van der Waals surface area contributed by atoms with Crippen LogP contribution < -0.4 is 4.90 Å². The average molecular weight is 271 g/mol. The summed E-state index contributed by atoms with van der Waals surface area (Å²) in [7, 11) is 2.86. The van der Waals surface area contributed by atoms with E-state index in [9.17, 15) is 9.59 Å². The molecular weight excluding hydrogens is 254 g/mol. The van der Waals surface area contributed by atoms with Crippen LogP contribution in [0.25, 0.3) is 0 Å². The van der Waals surface area contributed by atoms with Crippen molar-refractivity contribution in [1.29, 1.82) is 0 Å². The Labute approximate surface area is 110 Å². The smallest absolute Gasteiger partial charge is 0.414 e. The monoisotopic (exact) mass is 271 g/mol. The quantitative estimate of drug-likeness (QED) is 0.776. The second-order valence-corrected chi connectivity index (χ2v) is 5.58. The number of carbonyl (C=O) groups excluding carboxylic acids is 2. The van der Waals surface area contributed by atoms with E-state index in [1.54, 1.807) is 39.3 Å². The minimum absolute atomic E-state index is 0.380. The lowest BCUT2D eigenvalue weighted by Crippen LogP contribution is -2.34. The van der Waals surface area contributed by atoms with Crippen molar-refractivity contribution in [3.05, 3.63) is 16.3 Å². The van der Waals surface area contributed by atoms with E-state index in [1.165, 1.54) is 23.3 Å². The molecule has 1 heterocycles. The van der Waals surface area contributed by atoms with Crippen LogP contribution in [0.4, 0.5) is 10.5 Å². The Hall–Kier alpha value is -1.56.